The van der Waals surface area contributed by atoms with Gasteiger partial charge in [-0.2, -0.15) is 0 Å². The van der Waals surface area contributed by atoms with Crippen molar-refractivity contribution < 1.29 is 52.7 Å². The molecule has 5 atom stereocenters. The number of hydrogen-bond acceptors (Lipinski definition) is 11. The molecule has 44 heavy (non-hydrogen) atoms. The first-order valence-electron chi connectivity index (χ1n) is 15.5. The predicted octanol–water partition coefficient (Wildman–Crippen LogP) is 6.64. The van der Waals surface area contributed by atoms with Crippen LogP contribution in [0.4, 0.5) is 14.4 Å². The number of carbonyl (C=O) groups is 4. The van der Waals surface area contributed by atoms with Crippen LogP contribution in [0.15, 0.2) is 18.2 Å². The molecule has 0 bridgehead atoms. The van der Waals surface area contributed by atoms with Gasteiger partial charge in [0.25, 0.3) is 0 Å². The fourth-order valence-corrected chi connectivity index (χ4v) is 4.51. The van der Waals surface area contributed by atoms with Crippen LogP contribution >= 0.6 is 0 Å². The third-order valence-corrected chi connectivity index (χ3v) is 8.27. The largest absolute Gasteiger partial charge is 0.513 e. The van der Waals surface area contributed by atoms with E-state index in [9.17, 15) is 24.3 Å². The minimum absolute atomic E-state index is 0.0965. The van der Waals surface area contributed by atoms with E-state index in [0.29, 0.717) is 5.56 Å². The number of hydrogen-bond donors (Lipinski definition) is 2. The summed E-state index contributed by atoms with van der Waals surface area (Å²) in [5, 5.41) is 10.2. The normalized spacial score (nSPS) is 17.6. The number of nitrogens with two attached hydrogens (primary N) is 1. The summed E-state index contributed by atoms with van der Waals surface area (Å²) in [7, 11) is 0. The Morgan fingerprint density at radius 3 is 1.93 bits per heavy atom. The van der Waals surface area contributed by atoms with Gasteiger partial charge in [-0.05, 0) is 62.1 Å². The van der Waals surface area contributed by atoms with Gasteiger partial charge in [0.2, 0.25) is 0 Å². The third kappa shape index (κ3) is 11.5. The monoisotopic (exact) mass is 623 g/mol. The van der Waals surface area contributed by atoms with E-state index in [2.05, 4.69) is 0 Å². The predicted molar refractivity (Wildman–Crippen MR) is 161 cm³/mol. The third-order valence-electron chi connectivity index (χ3n) is 8.27. The van der Waals surface area contributed by atoms with Gasteiger partial charge >= 0.3 is 24.4 Å². The first-order valence-corrected chi connectivity index (χ1v) is 15.5. The lowest BCUT2D eigenvalue weighted by atomic mass is 9.78. The number of carboxylic acid groups (broad SMARTS) is 1. The second-order valence-corrected chi connectivity index (χ2v) is 11.9. The Labute approximate surface area is 259 Å². The zero-order valence-corrected chi connectivity index (χ0v) is 26.8. The average Bonchev–Trinajstić information content (AvgIpc) is 2.99. The van der Waals surface area contributed by atoms with Gasteiger partial charge < -0.3 is 39.3 Å². The highest BCUT2D eigenvalue weighted by molar-refractivity contribution is 5.80. The standard InChI is InChI=1S/C32H49NO11/c1-7-20(3)18-39-29(36)43-26-15-14-24(16-27(26)44-30(37)40-19-21(4)8-2)17-32(33,28(34)35)22(5)23(6)41-31(38)42-25-12-10-9-11-13-25/h14-16,20-23,25H,7-13,17-19,33H2,1-6H3,(H,34,35)/t20?,21?,22-,23+,32-/m1/s1. The Morgan fingerprint density at radius 2 is 1.41 bits per heavy atom. The second-order valence-electron chi connectivity index (χ2n) is 11.9. The van der Waals surface area contributed by atoms with Gasteiger partial charge in [-0.3, -0.25) is 4.79 Å². The van der Waals surface area contributed by atoms with Crippen molar-refractivity contribution in [2.45, 2.75) is 111 Å². The molecule has 2 unspecified atom stereocenters. The van der Waals surface area contributed by atoms with E-state index in [4.69, 9.17) is 34.2 Å². The second kappa shape index (κ2) is 17.7. The molecule has 1 aromatic carbocycles. The number of aliphatic carboxylic acids is 1. The van der Waals surface area contributed by atoms with E-state index >= 15 is 0 Å². The minimum atomic E-state index is -1.91. The zero-order chi connectivity index (χ0) is 32.9. The molecule has 0 aliphatic heterocycles. The van der Waals surface area contributed by atoms with Crippen LogP contribution in [0.1, 0.15) is 92.1 Å². The van der Waals surface area contributed by atoms with Crippen LogP contribution in [0.5, 0.6) is 11.5 Å². The molecule has 1 saturated carbocycles. The molecule has 0 radical (unpaired) electrons. The number of ether oxygens (including phenoxy) is 6. The Morgan fingerprint density at radius 1 is 0.864 bits per heavy atom. The molecule has 0 amide bonds. The van der Waals surface area contributed by atoms with Crippen LogP contribution in [-0.2, 0) is 30.2 Å². The molecule has 0 saturated heterocycles. The van der Waals surface area contributed by atoms with Crippen LogP contribution in [0.3, 0.4) is 0 Å². The average molecular weight is 624 g/mol. The summed E-state index contributed by atoms with van der Waals surface area (Å²) in [5.41, 5.74) is 4.90. The molecule has 1 aromatic rings. The summed E-state index contributed by atoms with van der Waals surface area (Å²) >= 11 is 0. The van der Waals surface area contributed by atoms with Gasteiger partial charge in [0.15, 0.2) is 11.5 Å². The van der Waals surface area contributed by atoms with Gasteiger partial charge in [0, 0.05) is 12.3 Å². The van der Waals surface area contributed by atoms with E-state index in [-0.39, 0.29) is 49.1 Å². The summed E-state index contributed by atoms with van der Waals surface area (Å²) in [6.07, 6.45) is 1.90. The maximum Gasteiger partial charge on any atom is 0.513 e. The minimum Gasteiger partial charge on any atom is -0.480 e. The first kappa shape index (κ1) is 36.7. The van der Waals surface area contributed by atoms with Crippen LogP contribution < -0.4 is 15.2 Å². The van der Waals surface area contributed by atoms with E-state index in [1.54, 1.807) is 13.8 Å². The molecule has 0 heterocycles. The molecule has 1 aliphatic rings. The van der Waals surface area contributed by atoms with Gasteiger partial charge in [-0.1, -0.05) is 59.9 Å². The maximum absolute atomic E-state index is 12.5. The van der Waals surface area contributed by atoms with Crippen molar-refractivity contribution in [3.05, 3.63) is 23.8 Å². The molecule has 12 heteroatoms. The van der Waals surface area contributed by atoms with Gasteiger partial charge in [0.05, 0.1) is 13.2 Å². The summed E-state index contributed by atoms with van der Waals surface area (Å²) in [6.45, 7) is 11.1. The fourth-order valence-electron chi connectivity index (χ4n) is 4.51. The van der Waals surface area contributed by atoms with E-state index < -0.39 is 42.0 Å². The van der Waals surface area contributed by atoms with Crippen LogP contribution in [0.2, 0.25) is 0 Å². The van der Waals surface area contributed by atoms with Crippen molar-refractivity contribution in [3.8, 4) is 11.5 Å². The highest BCUT2D eigenvalue weighted by Crippen LogP contribution is 2.33. The molecule has 12 nitrogen and oxygen atoms in total. The Hall–Kier alpha value is -3.54. The molecule has 0 aromatic heterocycles. The fraction of sp³-hybridized carbons (Fsp3) is 0.688. The lowest BCUT2D eigenvalue weighted by Crippen LogP contribution is -2.58. The van der Waals surface area contributed by atoms with Crippen molar-refractivity contribution in [1.82, 2.24) is 0 Å². The lowest BCUT2D eigenvalue weighted by Gasteiger charge is -2.35. The lowest BCUT2D eigenvalue weighted by molar-refractivity contribution is -0.147. The van der Waals surface area contributed by atoms with Crippen molar-refractivity contribution in [2.75, 3.05) is 13.2 Å². The summed E-state index contributed by atoms with van der Waals surface area (Å²) in [6, 6.07) is 4.20. The smallest absolute Gasteiger partial charge is 0.480 e. The SMILES string of the molecule is CCC(C)COC(=O)Oc1ccc(C[C@](N)(C(=O)O)[C@H](C)[C@H](C)OC(=O)OC2CCCCC2)cc1OC(=O)OCC(C)CC. The van der Waals surface area contributed by atoms with Crippen molar-refractivity contribution in [1.29, 1.82) is 0 Å². The highest BCUT2D eigenvalue weighted by Gasteiger charge is 2.44. The topological polar surface area (TPSA) is 170 Å². The molecular formula is C32H49NO11. The number of benzene rings is 1. The summed E-state index contributed by atoms with van der Waals surface area (Å²) in [4.78, 5) is 49.7. The Balaban J connectivity index is 2.23. The molecule has 1 aliphatic carbocycles. The molecule has 1 fully saturated rings. The highest BCUT2D eigenvalue weighted by atomic mass is 16.7. The van der Waals surface area contributed by atoms with E-state index in [1.807, 2.05) is 27.7 Å². The molecule has 3 N–H and O–H groups in total. The van der Waals surface area contributed by atoms with Crippen LogP contribution in [0, 0.1) is 17.8 Å². The molecule has 2 rings (SSSR count). The number of carbonyl (C=O) groups excluding carboxylic acids is 3. The van der Waals surface area contributed by atoms with E-state index in [1.165, 1.54) is 18.2 Å². The van der Waals surface area contributed by atoms with Gasteiger partial charge in [-0.15, -0.1) is 0 Å². The number of rotatable bonds is 15. The van der Waals surface area contributed by atoms with Crippen molar-refractivity contribution >= 4 is 24.4 Å². The Kier molecular flexibility index (Phi) is 14.7. The Bertz CT molecular complexity index is 1100. The number of carboxylic acids is 1. The molecule has 0 spiro atoms. The summed E-state index contributed by atoms with van der Waals surface area (Å²) < 4.78 is 31.8. The van der Waals surface area contributed by atoms with Crippen LogP contribution in [0.25, 0.3) is 0 Å². The van der Waals surface area contributed by atoms with Gasteiger partial charge in [-0.25, -0.2) is 14.4 Å². The zero-order valence-electron chi connectivity index (χ0n) is 26.8. The van der Waals surface area contributed by atoms with Gasteiger partial charge in [0.1, 0.15) is 17.7 Å². The van der Waals surface area contributed by atoms with E-state index in [0.717, 1.165) is 44.9 Å². The molecular weight excluding hydrogens is 574 g/mol. The molecule has 248 valence electrons. The van der Waals surface area contributed by atoms with Crippen LogP contribution in [-0.4, -0.2) is 60.5 Å². The maximum atomic E-state index is 12.5. The first-order chi connectivity index (χ1) is 20.8. The van der Waals surface area contributed by atoms with Crippen molar-refractivity contribution in [2.24, 2.45) is 23.5 Å². The quantitative estimate of drug-likeness (QED) is 0.121. The summed E-state index contributed by atoms with van der Waals surface area (Å²) in [5.74, 6) is -2.29. The van der Waals surface area contributed by atoms with Crippen molar-refractivity contribution in [3.63, 3.8) is 0 Å².